The maximum Gasteiger partial charge on any atom is 0.407 e. The fraction of sp³-hybridized carbons (Fsp3) is 0.417. The molecule has 0 aliphatic heterocycles. The lowest BCUT2D eigenvalue weighted by atomic mass is 10.2. The fourth-order valence-corrected chi connectivity index (χ4v) is 1.21. The molecule has 0 aromatic heterocycles. The molecular weight excluding hydrogens is 223 g/mol. The normalized spacial score (nSPS) is 11.1. The van der Waals surface area contributed by atoms with Crippen molar-refractivity contribution in [3.63, 3.8) is 0 Å². The molecule has 0 bridgehead atoms. The van der Waals surface area contributed by atoms with Crippen LogP contribution in [0.5, 0.6) is 0 Å². The van der Waals surface area contributed by atoms with E-state index >= 15 is 0 Å². The van der Waals surface area contributed by atoms with Crippen LogP contribution in [0, 0.1) is 5.82 Å². The number of benzene rings is 1. The molecule has 1 amide bonds. The van der Waals surface area contributed by atoms with Crippen LogP contribution in [-0.2, 0) is 11.3 Å². The van der Waals surface area contributed by atoms with Gasteiger partial charge in [-0.3, -0.25) is 0 Å². The van der Waals surface area contributed by atoms with Crippen LogP contribution in [0.1, 0.15) is 26.3 Å². The van der Waals surface area contributed by atoms with E-state index in [1.807, 2.05) is 0 Å². The van der Waals surface area contributed by atoms with Gasteiger partial charge < -0.3 is 15.8 Å². The number of ether oxygens (including phenoxy) is 1. The summed E-state index contributed by atoms with van der Waals surface area (Å²) in [6.07, 6.45) is -0.527. The number of anilines is 1. The second-order valence-corrected chi connectivity index (χ2v) is 4.70. The minimum Gasteiger partial charge on any atom is -0.444 e. The molecule has 4 nitrogen and oxygen atoms in total. The zero-order valence-electron chi connectivity index (χ0n) is 10.2. The van der Waals surface area contributed by atoms with Crippen LogP contribution >= 0.6 is 0 Å². The van der Waals surface area contributed by atoms with Gasteiger partial charge in [0.15, 0.2) is 0 Å². The van der Waals surface area contributed by atoms with Gasteiger partial charge in [0.1, 0.15) is 11.4 Å². The molecule has 0 saturated carbocycles. The number of carbonyl (C=O) groups excluding carboxylic acids is 1. The molecule has 0 spiro atoms. The van der Waals surface area contributed by atoms with Gasteiger partial charge in [0.05, 0.1) is 0 Å². The third-order valence-corrected chi connectivity index (χ3v) is 1.93. The molecule has 3 N–H and O–H groups in total. The summed E-state index contributed by atoms with van der Waals surface area (Å²) in [6.45, 7) is 5.54. The fourth-order valence-electron chi connectivity index (χ4n) is 1.21. The Labute approximate surface area is 100.0 Å². The monoisotopic (exact) mass is 240 g/mol. The third-order valence-electron chi connectivity index (χ3n) is 1.93. The number of halogens is 1. The molecule has 0 atom stereocenters. The Balaban J connectivity index is 2.53. The van der Waals surface area contributed by atoms with E-state index in [-0.39, 0.29) is 6.54 Å². The van der Waals surface area contributed by atoms with Crippen molar-refractivity contribution in [2.24, 2.45) is 0 Å². The van der Waals surface area contributed by atoms with E-state index in [0.717, 1.165) is 0 Å². The van der Waals surface area contributed by atoms with Gasteiger partial charge in [-0.25, -0.2) is 9.18 Å². The molecule has 0 fully saturated rings. The summed E-state index contributed by atoms with van der Waals surface area (Å²) in [7, 11) is 0. The summed E-state index contributed by atoms with van der Waals surface area (Å²) in [4.78, 5) is 11.4. The topological polar surface area (TPSA) is 64.3 Å². The van der Waals surface area contributed by atoms with Crippen LogP contribution in [0.2, 0.25) is 0 Å². The highest BCUT2D eigenvalue weighted by atomic mass is 19.1. The average molecular weight is 240 g/mol. The van der Waals surface area contributed by atoms with Gasteiger partial charge in [0, 0.05) is 12.2 Å². The van der Waals surface area contributed by atoms with E-state index in [9.17, 15) is 9.18 Å². The van der Waals surface area contributed by atoms with Crippen molar-refractivity contribution in [2.45, 2.75) is 32.9 Å². The molecule has 94 valence electrons. The third kappa shape index (κ3) is 4.72. The second kappa shape index (κ2) is 5.03. The Bertz CT molecular complexity index is 413. The van der Waals surface area contributed by atoms with E-state index in [1.165, 1.54) is 18.2 Å². The predicted octanol–water partition coefficient (Wildman–Crippen LogP) is 2.43. The van der Waals surface area contributed by atoms with Crippen molar-refractivity contribution in [1.82, 2.24) is 5.32 Å². The lowest BCUT2D eigenvalue weighted by molar-refractivity contribution is 0.0523. The summed E-state index contributed by atoms with van der Waals surface area (Å²) in [6, 6.07) is 4.04. The Hall–Kier alpha value is -1.78. The first-order valence-corrected chi connectivity index (χ1v) is 5.29. The standard InChI is InChI=1S/C12H17FN2O2/c1-12(2,3)17-11(16)15-7-8-4-5-9(13)6-10(8)14/h4-6H,7,14H2,1-3H3,(H,15,16). The van der Waals surface area contributed by atoms with Crippen LogP contribution in [0.4, 0.5) is 14.9 Å². The molecule has 0 aliphatic carbocycles. The molecule has 0 saturated heterocycles. The maximum atomic E-state index is 12.8. The number of hydrogen-bond donors (Lipinski definition) is 2. The molecular formula is C12H17FN2O2. The zero-order valence-corrected chi connectivity index (χ0v) is 10.2. The van der Waals surface area contributed by atoms with Crippen molar-refractivity contribution in [3.8, 4) is 0 Å². The molecule has 1 aromatic carbocycles. The number of nitrogens with one attached hydrogen (secondary N) is 1. The molecule has 0 aliphatic rings. The zero-order chi connectivity index (χ0) is 13.1. The van der Waals surface area contributed by atoms with Gasteiger partial charge in [0.25, 0.3) is 0 Å². The molecule has 0 radical (unpaired) electrons. The Morgan fingerprint density at radius 1 is 1.47 bits per heavy atom. The van der Waals surface area contributed by atoms with Crippen LogP contribution in [0.15, 0.2) is 18.2 Å². The van der Waals surface area contributed by atoms with Gasteiger partial charge in [-0.1, -0.05) is 6.07 Å². The molecule has 0 unspecified atom stereocenters. The number of alkyl carbamates (subject to hydrolysis) is 1. The first kappa shape index (κ1) is 13.3. The predicted molar refractivity (Wildman–Crippen MR) is 63.9 cm³/mol. The smallest absolute Gasteiger partial charge is 0.407 e. The van der Waals surface area contributed by atoms with Gasteiger partial charge in [-0.2, -0.15) is 0 Å². The number of carbonyl (C=O) groups is 1. The van der Waals surface area contributed by atoms with Gasteiger partial charge >= 0.3 is 6.09 Å². The largest absolute Gasteiger partial charge is 0.444 e. The number of rotatable bonds is 2. The summed E-state index contributed by atoms with van der Waals surface area (Å²) >= 11 is 0. The lowest BCUT2D eigenvalue weighted by Crippen LogP contribution is -2.32. The lowest BCUT2D eigenvalue weighted by Gasteiger charge is -2.19. The molecule has 0 heterocycles. The average Bonchev–Trinajstić information content (AvgIpc) is 2.13. The van der Waals surface area contributed by atoms with Gasteiger partial charge in [-0.15, -0.1) is 0 Å². The summed E-state index contributed by atoms with van der Waals surface area (Å²) in [5.41, 5.74) is 6.02. The molecule has 17 heavy (non-hydrogen) atoms. The van der Waals surface area contributed by atoms with Gasteiger partial charge in [-0.05, 0) is 38.5 Å². The number of hydrogen-bond acceptors (Lipinski definition) is 3. The van der Waals surface area contributed by atoms with Crippen LogP contribution < -0.4 is 11.1 Å². The van der Waals surface area contributed by atoms with E-state index in [4.69, 9.17) is 10.5 Å². The molecule has 5 heteroatoms. The summed E-state index contributed by atoms with van der Waals surface area (Å²) in [5, 5.41) is 2.55. The van der Waals surface area contributed by atoms with Crippen molar-refractivity contribution >= 4 is 11.8 Å². The SMILES string of the molecule is CC(C)(C)OC(=O)NCc1ccc(F)cc1N. The van der Waals surface area contributed by atoms with Crippen molar-refractivity contribution < 1.29 is 13.9 Å². The highest BCUT2D eigenvalue weighted by Crippen LogP contribution is 2.13. The Kier molecular flexibility index (Phi) is 3.93. The van der Waals surface area contributed by atoms with Crippen LogP contribution in [0.3, 0.4) is 0 Å². The molecule has 1 rings (SSSR count). The van der Waals surface area contributed by atoms with Crippen molar-refractivity contribution in [3.05, 3.63) is 29.6 Å². The van der Waals surface area contributed by atoms with E-state index in [1.54, 1.807) is 20.8 Å². The van der Waals surface area contributed by atoms with Crippen LogP contribution in [0.25, 0.3) is 0 Å². The second-order valence-electron chi connectivity index (χ2n) is 4.70. The van der Waals surface area contributed by atoms with Gasteiger partial charge in [0.2, 0.25) is 0 Å². The first-order valence-electron chi connectivity index (χ1n) is 5.29. The van der Waals surface area contributed by atoms with Crippen molar-refractivity contribution in [2.75, 3.05) is 5.73 Å². The van der Waals surface area contributed by atoms with E-state index < -0.39 is 17.5 Å². The van der Waals surface area contributed by atoms with E-state index in [2.05, 4.69) is 5.32 Å². The number of nitrogens with two attached hydrogens (primary N) is 1. The maximum absolute atomic E-state index is 12.8. The molecule has 1 aromatic rings. The Morgan fingerprint density at radius 2 is 2.12 bits per heavy atom. The van der Waals surface area contributed by atoms with Crippen LogP contribution in [-0.4, -0.2) is 11.7 Å². The number of amides is 1. The highest BCUT2D eigenvalue weighted by molar-refractivity contribution is 5.68. The first-order chi connectivity index (χ1) is 7.78. The van der Waals surface area contributed by atoms with E-state index in [0.29, 0.717) is 11.3 Å². The number of nitrogen functional groups attached to an aromatic ring is 1. The summed E-state index contributed by atoms with van der Waals surface area (Å²) < 4.78 is 17.8. The minimum atomic E-state index is -0.543. The summed E-state index contributed by atoms with van der Waals surface area (Å²) in [5.74, 6) is -0.400. The quantitative estimate of drug-likeness (QED) is 0.780. The highest BCUT2D eigenvalue weighted by Gasteiger charge is 2.15. The van der Waals surface area contributed by atoms with Crippen molar-refractivity contribution in [1.29, 1.82) is 0 Å². The Morgan fingerprint density at radius 3 is 2.65 bits per heavy atom. The minimum absolute atomic E-state index is 0.209.